The summed E-state index contributed by atoms with van der Waals surface area (Å²) in [5, 5.41) is 18.3. The molecule has 0 bridgehead atoms. The van der Waals surface area contributed by atoms with Crippen molar-refractivity contribution in [2.75, 3.05) is 5.32 Å². The number of rotatable bonds is 5. The summed E-state index contributed by atoms with van der Waals surface area (Å²) in [7, 11) is 0. The molecule has 1 N–H and O–H groups in total. The number of thiophene rings is 1. The Morgan fingerprint density at radius 1 is 1.42 bits per heavy atom. The molecule has 100 valence electrons. The van der Waals surface area contributed by atoms with Crippen molar-refractivity contribution >= 4 is 22.7 Å². The first-order chi connectivity index (χ1) is 9.06. The molecular weight excluding hydrogens is 260 g/mol. The van der Waals surface area contributed by atoms with Gasteiger partial charge >= 0.3 is 0 Å². The van der Waals surface area contributed by atoms with E-state index in [0.717, 1.165) is 17.7 Å². The van der Waals surface area contributed by atoms with E-state index in [2.05, 4.69) is 29.1 Å². The lowest BCUT2D eigenvalue weighted by atomic mass is 10.1. The smallest absolute Gasteiger partial charge is 0.269 e. The van der Waals surface area contributed by atoms with Crippen LogP contribution in [0.25, 0.3) is 0 Å². The van der Waals surface area contributed by atoms with Crippen molar-refractivity contribution in [2.24, 2.45) is 0 Å². The van der Waals surface area contributed by atoms with Crippen LogP contribution in [-0.2, 0) is 6.42 Å². The third-order valence-corrected chi connectivity index (χ3v) is 3.68. The van der Waals surface area contributed by atoms with Crippen LogP contribution in [-0.4, -0.2) is 11.0 Å². The quantitative estimate of drug-likeness (QED) is 0.663. The van der Waals surface area contributed by atoms with Crippen molar-refractivity contribution in [3.05, 3.63) is 56.3 Å². The van der Waals surface area contributed by atoms with E-state index in [4.69, 9.17) is 0 Å². The Morgan fingerprint density at radius 3 is 2.79 bits per heavy atom. The number of nitro groups is 1. The predicted molar refractivity (Wildman–Crippen MR) is 78.9 cm³/mol. The van der Waals surface area contributed by atoms with Gasteiger partial charge in [-0.05, 0) is 54.3 Å². The molecule has 0 fully saturated rings. The summed E-state index contributed by atoms with van der Waals surface area (Å²) in [5.74, 6) is 0. The first-order valence-electron chi connectivity index (χ1n) is 6.09. The van der Waals surface area contributed by atoms with Gasteiger partial charge in [0.2, 0.25) is 0 Å². The number of nitrogens with zero attached hydrogens (tertiary/aromatic N) is 1. The zero-order valence-corrected chi connectivity index (χ0v) is 11.7. The van der Waals surface area contributed by atoms with Gasteiger partial charge in [-0.1, -0.05) is 0 Å². The Hall–Kier alpha value is -1.88. The lowest BCUT2D eigenvalue weighted by molar-refractivity contribution is -0.384. The highest BCUT2D eigenvalue weighted by atomic mass is 32.1. The molecule has 1 heterocycles. The third-order valence-electron chi connectivity index (χ3n) is 2.94. The summed E-state index contributed by atoms with van der Waals surface area (Å²) >= 11 is 1.69. The first-order valence-corrected chi connectivity index (χ1v) is 7.03. The van der Waals surface area contributed by atoms with Crippen molar-refractivity contribution in [2.45, 2.75) is 26.3 Å². The van der Waals surface area contributed by atoms with Gasteiger partial charge in [0.05, 0.1) is 4.92 Å². The average molecular weight is 276 g/mol. The molecule has 5 heteroatoms. The molecular formula is C14H16N2O2S. The molecule has 1 aromatic heterocycles. The zero-order chi connectivity index (χ0) is 13.8. The number of anilines is 1. The third kappa shape index (κ3) is 3.54. The van der Waals surface area contributed by atoms with Crippen LogP contribution < -0.4 is 5.32 Å². The number of hydrogen-bond acceptors (Lipinski definition) is 4. The maximum absolute atomic E-state index is 10.7. The summed E-state index contributed by atoms with van der Waals surface area (Å²) in [6, 6.07) is 7.31. The van der Waals surface area contributed by atoms with Crippen LogP contribution in [0.5, 0.6) is 0 Å². The Morgan fingerprint density at radius 2 is 2.21 bits per heavy atom. The van der Waals surface area contributed by atoms with Gasteiger partial charge < -0.3 is 5.32 Å². The predicted octanol–water partition coefficient (Wildman–Crippen LogP) is 4.01. The largest absolute Gasteiger partial charge is 0.382 e. The second-order valence-corrected chi connectivity index (χ2v) is 5.42. The molecule has 1 unspecified atom stereocenters. The molecule has 19 heavy (non-hydrogen) atoms. The number of aryl methyl sites for hydroxylation is 1. The number of benzene rings is 1. The number of non-ortho nitro benzene ring substituents is 1. The van der Waals surface area contributed by atoms with E-state index < -0.39 is 0 Å². The lowest BCUT2D eigenvalue weighted by Gasteiger charge is -2.16. The number of nitro benzene ring substituents is 1. The lowest BCUT2D eigenvalue weighted by Crippen LogP contribution is -2.18. The topological polar surface area (TPSA) is 55.2 Å². The van der Waals surface area contributed by atoms with Crippen LogP contribution >= 0.6 is 11.3 Å². The van der Waals surface area contributed by atoms with Gasteiger partial charge in [-0.2, -0.15) is 11.3 Å². The van der Waals surface area contributed by atoms with Gasteiger partial charge in [0.25, 0.3) is 5.69 Å². The van der Waals surface area contributed by atoms with Gasteiger partial charge in [-0.15, -0.1) is 0 Å². The maximum Gasteiger partial charge on any atom is 0.269 e. The Balaban J connectivity index is 2.04. The van der Waals surface area contributed by atoms with E-state index in [1.807, 2.05) is 6.92 Å². The summed E-state index contributed by atoms with van der Waals surface area (Å²) in [5.41, 5.74) is 3.29. The Bertz CT molecular complexity index is 567. The highest BCUT2D eigenvalue weighted by Gasteiger charge is 2.10. The zero-order valence-electron chi connectivity index (χ0n) is 10.9. The van der Waals surface area contributed by atoms with Gasteiger partial charge in [-0.25, -0.2) is 0 Å². The summed E-state index contributed by atoms with van der Waals surface area (Å²) in [6.45, 7) is 3.99. The summed E-state index contributed by atoms with van der Waals surface area (Å²) < 4.78 is 0. The molecule has 1 atom stereocenters. The molecule has 0 aliphatic heterocycles. The molecule has 0 saturated heterocycles. The van der Waals surface area contributed by atoms with E-state index in [1.54, 1.807) is 23.5 Å². The van der Waals surface area contributed by atoms with Crippen molar-refractivity contribution in [1.82, 2.24) is 0 Å². The van der Waals surface area contributed by atoms with E-state index in [-0.39, 0.29) is 16.7 Å². The van der Waals surface area contributed by atoms with Crippen LogP contribution in [0.1, 0.15) is 18.1 Å². The maximum atomic E-state index is 10.7. The van der Waals surface area contributed by atoms with Crippen LogP contribution in [0.3, 0.4) is 0 Å². The van der Waals surface area contributed by atoms with Crippen LogP contribution in [0.15, 0.2) is 35.0 Å². The van der Waals surface area contributed by atoms with Crippen LogP contribution in [0, 0.1) is 17.0 Å². The fourth-order valence-electron chi connectivity index (χ4n) is 2.00. The standard InChI is InChI=1S/C14H16N2O2S/c1-10-7-13(16(17)18)3-4-14(10)15-11(2)8-12-5-6-19-9-12/h3-7,9,11,15H,8H2,1-2H3. The number of hydrogen-bond donors (Lipinski definition) is 1. The van der Waals surface area contributed by atoms with E-state index >= 15 is 0 Å². The summed E-state index contributed by atoms with van der Waals surface area (Å²) in [4.78, 5) is 10.3. The van der Waals surface area contributed by atoms with Crippen molar-refractivity contribution in [3.8, 4) is 0 Å². The van der Waals surface area contributed by atoms with Gasteiger partial charge in [-0.3, -0.25) is 10.1 Å². The number of nitrogens with one attached hydrogen (secondary N) is 1. The monoisotopic (exact) mass is 276 g/mol. The highest BCUT2D eigenvalue weighted by molar-refractivity contribution is 7.07. The van der Waals surface area contributed by atoms with Crippen LogP contribution in [0.4, 0.5) is 11.4 Å². The van der Waals surface area contributed by atoms with Gasteiger partial charge in [0.1, 0.15) is 0 Å². The molecule has 0 spiro atoms. The van der Waals surface area contributed by atoms with Crippen molar-refractivity contribution in [1.29, 1.82) is 0 Å². The van der Waals surface area contributed by atoms with E-state index in [1.165, 1.54) is 11.6 Å². The molecule has 2 aromatic rings. The minimum absolute atomic E-state index is 0.133. The first kappa shape index (κ1) is 13.5. The molecule has 1 aromatic carbocycles. The molecule has 0 radical (unpaired) electrons. The molecule has 4 nitrogen and oxygen atoms in total. The van der Waals surface area contributed by atoms with Gasteiger partial charge in [0, 0.05) is 23.9 Å². The molecule has 0 saturated carbocycles. The normalized spacial score (nSPS) is 12.1. The minimum Gasteiger partial charge on any atom is -0.382 e. The fraction of sp³-hybridized carbons (Fsp3) is 0.286. The second-order valence-electron chi connectivity index (χ2n) is 4.64. The van der Waals surface area contributed by atoms with Crippen molar-refractivity contribution < 1.29 is 4.92 Å². The molecule has 0 aliphatic rings. The second kappa shape index (κ2) is 5.84. The van der Waals surface area contributed by atoms with E-state index in [0.29, 0.717) is 0 Å². The molecule has 0 amide bonds. The minimum atomic E-state index is -0.369. The van der Waals surface area contributed by atoms with E-state index in [9.17, 15) is 10.1 Å². The molecule has 0 aliphatic carbocycles. The summed E-state index contributed by atoms with van der Waals surface area (Å²) in [6.07, 6.45) is 0.944. The van der Waals surface area contributed by atoms with Crippen LogP contribution in [0.2, 0.25) is 0 Å². The Labute approximate surface area is 116 Å². The van der Waals surface area contributed by atoms with Gasteiger partial charge in [0.15, 0.2) is 0 Å². The molecule has 2 rings (SSSR count). The Kier molecular flexibility index (Phi) is 4.16. The highest BCUT2D eigenvalue weighted by Crippen LogP contribution is 2.22. The average Bonchev–Trinajstić information content (AvgIpc) is 2.84. The SMILES string of the molecule is Cc1cc([N+](=O)[O-])ccc1NC(C)Cc1ccsc1. The van der Waals surface area contributed by atoms with Crippen molar-refractivity contribution in [3.63, 3.8) is 0 Å². The fourth-order valence-corrected chi connectivity index (χ4v) is 2.68.